The monoisotopic (exact) mass is 236 g/mol. The van der Waals surface area contributed by atoms with Crippen LogP contribution in [0.5, 0.6) is 0 Å². The molecule has 1 aliphatic carbocycles. The smallest absolute Gasteiger partial charge is 0.331 e. The van der Waals surface area contributed by atoms with Crippen LogP contribution in [0.2, 0.25) is 0 Å². The van der Waals surface area contributed by atoms with Crippen molar-refractivity contribution in [2.45, 2.75) is 47.5 Å². The summed E-state index contributed by atoms with van der Waals surface area (Å²) in [6, 6.07) is 0. The maximum absolute atomic E-state index is 11.0. The van der Waals surface area contributed by atoms with Crippen LogP contribution in [-0.2, 0) is 4.79 Å². The highest BCUT2D eigenvalue weighted by Gasteiger charge is 2.37. The molecule has 0 saturated carbocycles. The Morgan fingerprint density at radius 1 is 1.65 bits per heavy atom. The molecule has 0 spiro atoms. The predicted octanol–water partition coefficient (Wildman–Crippen LogP) is 4.04. The lowest BCUT2D eigenvalue weighted by Gasteiger charge is -2.33. The molecule has 0 amide bonds. The van der Waals surface area contributed by atoms with Gasteiger partial charge in [0.2, 0.25) is 0 Å². The molecule has 0 aromatic carbocycles. The molecular formula is C15H24O2. The van der Waals surface area contributed by atoms with Crippen LogP contribution in [0.4, 0.5) is 0 Å². The molecule has 1 aliphatic rings. The summed E-state index contributed by atoms with van der Waals surface area (Å²) >= 11 is 0. The molecule has 17 heavy (non-hydrogen) atoms. The second kappa shape index (κ2) is 5.07. The van der Waals surface area contributed by atoms with Crippen LogP contribution in [-0.4, -0.2) is 11.1 Å². The summed E-state index contributed by atoms with van der Waals surface area (Å²) in [7, 11) is 0. The van der Waals surface area contributed by atoms with Gasteiger partial charge in [0.15, 0.2) is 0 Å². The summed E-state index contributed by atoms with van der Waals surface area (Å²) in [5, 5.41) is 9.07. The Bertz CT molecular complexity index is 361. The Balaban J connectivity index is 2.86. The van der Waals surface area contributed by atoms with Gasteiger partial charge in [-0.15, -0.1) is 0 Å². The first-order chi connectivity index (χ1) is 7.80. The third-order valence-corrected chi connectivity index (χ3v) is 4.38. The van der Waals surface area contributed by atoms with Gasteiger partial charge in [-0.05, 0) is 37.0 Å². The summed E-state index contributed by atoms with van der Waals surface area (Å²) in [6.45, 7) is 10.7. The second-order valence-corrected chi connectivity index (χ2v) is 5.66. The number of allylic oxidation sites excluding steroid dienone is 3. The van der Waals surface area contributed by atoms with Gasteiger partial charge in [-0.25, -0.2) is 4.79 Å². The van der Waals surface area contributed by atoms with Gasteiger partial charge >= 0.3 is 5.97 Å². The van der Waals surface area contributed by atoms with E-state index >= 15 is 0 Å². The van der Waals surface area contributed by atoms with Crippen LogP contribution in [0.3, 0.4) is 0 Å². The summed E-state index contributed by atoms with van der Waals surface area (Å²) in [6.07, 6.45) is 5.90. The number of hydrogen-bond donors (Lipinski definition) is 1. The zero-order valence-electron chi connectivity index (χ0n) is 11.6. The van der Waals surface area contributed by atoms with E-state index in [1.807, 2.05) is 13.0 Å². The van der Waals surface area contributed by atoms with E-state index in [-0.39, 0.29) is 5.41 Å². The van der Waals surface area contributed by atoms with Gasteiger partial charge in [0.25, 0.3) is 0 Å². The molecule has 96 valence electrons. The highest BCUT2D eigenvalue weighted by atomic mass is 16.4. The van der Waals surface area contributed by atoms with Gasteiger partial charge in [0.1, 0.15) is 0 Å². The molecule has 1 rings (SSSR count). The lowest BCUT2D eigenvalue weighted by Crippen LogP contribution is -2.25. The van der Waals surface area contributed by atoms with Crippen molar-refractivity contribution in [1.82, 2.24) is 0 Å². The number of hydrogen-bond acceptors (Lipinski definition) is 1. The fraction of sp³-hybridized carbons (Fsp3) is 0.667. The van der Waals surface area contributed by atoms with Crippen molar-refractivity contribution in [2.24, 2.45) is 17.3 Å². The molecular weight excluding hydrogens is 212 g/mol. The van der Waals surface area contributed by atoms with Gasteiger partial charge in [-0.2, -0.15) is 0 Å². The lowest BCUT2D eigenvalue weighted by atomic mass is 9.71. The van der Waals surface area contributed by atoms with Crippen molar-refractivity contribution in [3.63, 3.8) is 0 Å². The van der Waals surface area contributed by atoms with E-state index in [1.165, 1.54) is 5.57 Å². The summed E-state index contributed by atoms with van der Waals surface area (Å²) < 4.78 is 0. The molecule has 0 heterocycles. The highest BCUT2D eigenvalue weighted by molar-refractivity contribution is 5.86. The molecule has 2 unspecified atom stereocenters. The Morgan fingerprint density at radius 3 is 2.59 bits per heavy atom. The topological polar surface area (TPSA) is 37.3 Å². The van der Waals surface area contributed by atoms with E-state index in [1.54, 1.807) is 0 Å². The summed E-state index contributed by atoms with van der Waals surface area (Å²) in [5.41, 5.74) is 2.15. The standard InChI is InChI=1S/C15H24O2/c1-6-12(14(16)17)9-10(2)13-8-7-11(3)15(13,4)5/h7,9-10,13H,6,8H2,1-5H3,(H,16,17)/b12-9+. The zero-order chi connectivity index (χ0) is 13.2. The maximum Gasteiger partial charge on any atom is 0.331 e. The first-order valence-electron chi connectivity index (χ1n) is 6.41. The van der Waals surface area contributed by atoms with E-state index in [9.17, 15) is 4.79 Å². The minimum atomic E-state index is -0.778. The Morgan fingerprint density at radius 2 is 2.24 bits per heavy atom. The number of carboxylic acids is 1. The summed E-state index contributed by atoms with van der Waals surface area (Å²) in [5.74, 6) is 0.0491. The third kappa shape index (κ3) is 2.80. The lowest BCUT2D eigenvalue weighted by molar-refractivity contribution is -0.132. The molecule has 0 saturated heterocycles. The Hall–Kier alpha value is -1.05. The average Bonchev–Trinajstić information content (AvgIpc) is 2.50. The average molecular weight is 236 g/mol. The predicted molar refractivity (Wildman–Crippen MR) is 70.8 cm³/mol. The zero-order valence-corrected chi connectivity index (χ0v) is 11.6. The van der Waals surface area contributed by atoms with Crippen LogP contribution >= 0.6 is 0 Å². The second-order valence-electron chi connectivity index (χ2n) is 5.66. The quantitative estimate of drug-likeness (QED) is 0.591. The van der Waals surface area contributed by atoms with Crippen molar-refractivity contribution in [1.29, 1.82) is 0 Å². The van der Waals surface area contributed by atoms with Crippen molar-refractivity contribution in [2.75, 3.05) is 0 Å². The number of rotatable bonds is 4. The third-order valence-electron chi connectivity index (χ3n) is 4.38. The first kappa shape index (κ1) is 14.0. The van der Waals surface area contributed by atoms with E-state index in [0.717, 1.165) is 6.42 Å². The first-order valence-corrected chi connectivity index (χ1v) is 6.41. The Kier molecular flexibility index (Phi) is 4.18. The number of carbonyl (C=O) groups is 1. The SMILES string of the molecule is CC/C(=C\C(C)C1CC=C(C)C1(C)C)C(=O)O. The molecule has 0 aliphatic heterocycles. The van der Waals surface area contributed by atoms with Crippen molar-refractivity contribution in [3.05, 3.63) is 23.3 Å². The number of aliphatic carboxylic acids is 1. The molecule has 1 N–H and O–H groups in total. The Labute approximate surface area is 104 Å². The van der Waals surface area contributed by atoms with E-state index < -0.39 is 5.97 Å². The van der Waals surface area contributed by atoms with Crippen LogP contribution in [0.15, 0.2) is 23.3 Å². The van der Waals surface area contributed by atoms with Gasteiger partial charge in [0.05, 0.1) is 0 Å². The van der Waals surface area contributed by atoms with Crippen molar-refractivity contribution < 1.29 is 9.90 Å². The van der Waals surface area contributed by atoms with E-state index in [0.29, 0.717) is 23.8 Å². The largest absolute Gasteiger partial charge is 0.478 e. The molecule has 2 atom stereocenters. The van der Waals surface area contributed by atoms with Crippen LogP contribution < -0.4 is 0 Å². The van der Waals surface area contributed by atoms with Crippen molar-refractivity contribution >= 4 is 5.97 Å². The fourth-order valence-electron chi connectivity index (χ4n) is 2.80. The molecule has 0 aromatic rings. The minimum Gasteiger partial charge on any atom is -0.478 e. The van der Waals surface area contributed by atoms with E-state index in [4.69, 9.17) is 5.11 Å². The highest BCUT2D eigenvalue weighted by Crippen LogP contribution is 2.47. The van der Waals surface area contributed by atoms with Crippen LogP contribution in [0, 0.1) is 17.3 Å². The van der Waals surface area contributed by atoms with Crippen LogP contribution in [0.25, 0.3) is 0 Å². The minimum absolute atomic E-state index is 0.188. The van der Waals surface area contributed by atoms with Crippen LogP contribution in [0.1, 0.15) is 47.5 Å². The van der Waals surface area contributed by atoms with Gasteiger partial charge in [-0.1, -0.05) is 45.4 Å². The maximum atomic E-state index is 11.0. The molecule has 2 heteroatoms. The molecule has 0 aromatic heterocycles. The molecule has 0 radical (unpaired) electrons. The normalized spacial score (nSPS) is 25.6. The summed E-state index contributed by atoms with van der Waals surface area (Å²) in [4.78, 5) is 11.0. The van der Waals surface area contributed by atoms with Gasteiger partial charge in [0, 0.05) is 5.57 Å². The molecule has 2 nitrogen and oxygen atoms in total. The molecule has 0 bridgehead atoms. The fourth-order valence-corrected chi connectivity index (χ4v) is 2.80. The van der Waals surface area contributed by atoms with Crippen molar-refractivity contribution in [3.8, 4) is 0 Å². The van der Waals surface area contributed by atoms with E-state index in [2.05, 4.69) is 33.8 Å². The molecule has 0 fully saturated rings. The van der Waals surface area contributed by atoms with Gasteiger partial charge < -0.3 is 5.11 Å². The van der Waals surface area contributed by atoms with Gasteiger partial charge in [-0.3, -0.25) is 0 Å². The number of carboxylic acid groups (broad SMARTS) is 1.